The molecule has 1 aromatic heterocycles. The van der Waals surface area contributed by atoms with E-state index in [1.54, 1.807) is 17.9 Å². The molecule has 1 aromatic carbocycles. The molecule has 1 fully saturated rings. The number of piperazine rings is 1. The lowest BCUT2D eigenvalue weighted by atomic mass is 10.2. The third kappa shape index (κ3) is 3.90. The van der Waals surface area contributed by atoms with Crippen LogP contribution in [0.1, 0.15) is 16.2 Å². The largest absolute Gasteiger partial charge is 0.335 e. The van der Waals surface area contributed by atoms with Crippen molar-refractivity contribution in [2.75, 3.05) is 38.5 Å². The Hall–Kier alpha value is -2.61. The predicted octanol–water partition coefficient (Wildman–Crippen LogP) is 2.19. The molecular weight excluding hydrogens is 328 g/mol. The van der Waals surface area contributed by atoms with Crippen LogP contribution >= 0.6 is 0 Å². The number of nitrogens with one attached hydrogen (secondary N) is 1. The Morgan fingerprint density at radius 1 is 1.12 bits per heavy atom. The Balaban J connectivity index is 1.84. The van der Waals surface area contributed by atoms with Gasteiger partial charge in [0.1, 0.15) is 23.0 Å². The van der Waals surface area contributed by atoms with Crippen molar-refractivity contribution in [3.63, 3.8) is 0 Å². The zero-order valence-electron chi connectivity index (χ0n) is 14.1. The van der Waals surface area contributed by atoms with Gasteiger partial charge in [-0.15, -0.1) is 0 Å². The molecule has 25 heavy (non-hydrogen) atoms. The summed E-state index contributed by atoms with van der Waals surface area (Å²) >= 11 is 0. The molecular formula is C17H19F2N5O. The van der Waals surface area contributed by atoms with Gasteiger partial charge >= 0.3 is 0 Å². The van der Waals surface area contributed by atoms with E-state index in [0.29, 0.717) is 18.8 Å². The zero-order chi connectivity index (χ0) is 18.0. The summed E-state index contributed by atoms with van der Waals surface area (Å²) in [6.07, 6.45) is 0. The maximum absolute atomic E-state index is 13.8. The van der Waals surface area contributed by atoms with Crippen LogP contribution in [0.3, 0.4) is 0 Å². The van der Waals surface area contributed by atoms with E-state index in [1.165, 1.54) is 6.07 Å². The molecule has 0 saturated carbocycles. The van der Waals surface area contributed by atoms with Gasteiger partial charge in [-0.05, 0) is 32.2 Å². The second-order valence-corrected chi connectivity index (χ2v) is 6.04. The number of halogens is 2. The van der Waals surface area contributed by atoms with Crippen LogP contribution in [-0.4, -0.2) is 58.9 Å². The molecule has 0 bridgehead atoms. The van der Waals surface area contributed by atoms with Crippen LogP contribution in [0.2, 0.25) is 0 Å². The molecule has 1 aliphatic rings. The normalized spacial score (nSPS) is 15.3. The smallest absolute Gasteiger partial charge is 0.272 e. The summed E-state index contributed by atoms with van der Waals surface area (Å²) in [6.45, 7) is 4.51. The third-order valence-electron chi connectivity index (χ3n) is 4.06. The van der Waals surface area contributed by atoms with Crippen molar-refractivity contribution < 1.29 is 13.6 Å². The van der Waals surface area contributed by atoms with Crippen molar-refractivity contribution in [3.05, 3.63) is 47.3 Å². The first kappa shape index (κ1) is 17.2. The van der Waals surface area contributed by atoms with E-state index >= 15 is 0 Å². The van der Waals surface area contributed by atoms with Crippen molar-refractivity contribution in [2.45, 2.75) is 6.92 Å². The predicted molar refractivity (Wildman–Crippen MR) is 89.8 cm³/mol. The molecule has 132 valence electrons. The van der Waals surface area contributed by atoms with Gasteiger partial charge in [0.05, 0.1) is 0 Å². The molecule has 1 amide bonds. The summed E-state index contributed by atoms with van der Waals surface area (Å²) in [5.41, 5.74) is 0.397. The Kier molecular flexibility index (Phi) is 4.89. The highest BCUT2D eigenvalue weighted by molar-refractivity contribution is 5.92. The van der Waals surface area contributed by atoms with E-state index in [1.807, 2.05) is 7.05 Å². The molecule has 1 aliphatic heterocycles. The number of aromatic nitrogens is 2. The molecule has 2 heterocycles. The summed E-state index contributed by atoms with van der Waals surface area (Å²) in [5.74, 6) is -1.73. The van der Waals surface area contributed by atoms with E-state index in [-0.39, 0.29) is 23.2 Å². The minimum Gasteiger partial charge on any atom is -0.335 e. The van der Waals surface area contributed by atoms with Gasteiger partial charge in [-0.1, -0.05) is 6.07 Å². The van der Waals surface area contributed by atoms with Crippen LogP contribution in [-0.2, 0) is 0 Å². The van der Waals surface area contributed by atoms with Gasteiger partial charge in [0.15, 0.2) is 0 Å². The Bertz CT molecular complexity index is 770. The van der Waals surface area contributed by atoms with Crippen LogP contribution in [0.25, 0.3) is 0 Å². The topological polar surface area (TPSA) is 61.4 Å². The van der Waals surface area contributed by atoms with Gasteiger partial charge in [0, 0.05) is 31.9 Å². The highest BCUT2D eigenvalue weighted by atomic mass is 19.1. The average Bonchev–Trinajstić information content (AvgIpc) is 2.58. The van der Waals surface area contributed by atoms with E-state index in [9.17, 15) is 13.6 Å². The number of carbonyl (C=O) groups is 1. The van der Waals surface area contributed by atoms with Crippen molar-refractivity contribution in [1.29, 1.82) is 0 Å². The van der Waals surface area contributed by atoms with Crippen LogP contribution < -0.4 is 5.32 Å². The molecule has 6 nitrogen and oxygen atoms in total. The van der Waals surface area contributed by atoms with Gasteiger partial charge in [-0.3, -0.25) is 4.79 Å². The summed E-state index contributed by atoms with van der Waals surface area (Å²) < 4.78 is 27.6. The minimum atomic E-state index is -0.753. The Morgan fingerprint density at radius 3 is 2.40 bits per heavy atom. The molecule has 0 aliphatic carbocycles. The SMILES string of the molecule is Cc1cc(C(=O)N2CCN(C)CC2)nc(Nc2c(F)cccc2F)n1. The summed E-state index contributed by atoms with van der Waals surface area (Å²) in [6, 6.07) is 5.12. The first-order chi connectivity index (χ1) is 11.9. The highest BCUT2D eigenvalue weighted by Gasteiger charge is 2.22. The third-order valence-corrected chi connectivity index (χ3v) is 4.06. The van der Waals surface area contributed by atoms with Crippen LogP contribution in [0.4, 0.5) is 20.4 Å². The molecule has 0 radical (unpaired) electrons. The monoisotopic (exact) mass is 347 g/mol. The van der Waals surface area contributed by atoms with Gasteiger partial charge < -0.3 is 15.1 Å². The highest BCUT2D eigenvalue weighted by Crippen LogP contribution is 2.21. The second-order valence-electron chi connectivity index (χ2n) is 6.04. The average molecular weight is 347 g/mol. The number of nitrogens with zero attached hydrogens (tertiary/aromatic N) is 4. The number of benzene rings is 1. The van der Waals surface area contributed by atoms with Crippen molar-refractivity contribution in [1.82, 2.24) is 19.8 Å². The number of para-hydroxylation sites is 1. The van der Waals surface area contributed by atoms with Crippen molar-refractivity contribution in [3.8, 4) is 0 Å². The van der Waals surface area contributed by atoms with Crippen molar-refractivity contribution >= 4 is 17.5 Å². The van der Waals surface area contributed by atoms with Gasteiger partial charge in [0.25, 0.3) is 5.91 Å². The molecule has 0 atom stereocenters. The number of hydrogen-bond acceptors (Lipinski definition) is 5. The first-order valence-electron chi connectivity index (χ1n) is 7.98. The standard InChI is InChI=1S/C17H19F2N5O/c1-11-10-14(16(25)24-8-6-23(2)7-9-24)21-17(20-11)22-15-12(18)4-3-5-13(15)19/h3-5,10H,6-9H2,1-2H3,(H,20,21,22). The molecule has 1 N–H and O–H groups in total. The maximum Gasteiger partial charge on any atom is 0.272 e. The van der Waals surface area contributed by atoms with Crippen LogP contribution in [0.5, 0.6) is 0 Å². The van der Waals surface area contributed by atoms with E-state index in [4.69, 9.17) is 0 Å². The first-order valence-corrected chi connectivity index (χ1v) is 7.98. The number of aryl methyl sites for hydroxylation is 1. The molecule has 1 saturated heterocycles. The van der Waals surface area contributed by atoms with Crippen molar-refractivity contribution in [2.24, 2.45) is 0 Å². The molecule has 0 unspecified atom stereocenters. The molecule has 2 aromatic rings. The van der Waals surface area contributed by atoms with Gasteiger partial charge in [-0.2, -0.15) is 0 Å². The van der Waals surface area contributed by atoms with Gasteiger partial charge in [-0.25, -0.2) is 18.7 Å². The Labute approximate surface area is 144 Å². The number of amides is 1. The van der Waals surface area contributed by atoms with E-state index < -0.39 is 11.6 Å². The second kappa shape index (κ2) is 7.10. The number of likely N-dealkylation sites (N-methyl/N-ethyl adjacent to an activating group) is 1. The van der Waals surface area contributed by atoms with E-state index in [2.05, 4.69) is 20.2 Å². The lowest BCUT2D eigenvalue weighted by molar-refractivity contribution is 0.0658. The molecule has 8 heteroatoms. The van der Waals surface area contributed by atoms with Gasteiger partial charge in [0.2, 0.25) is 5.95 Å². The Morgan fingerprint density at radius 2 is 1.76 bits per heavy atom. The fourth-order valence-corrected chi connectivity index (χ4v) is 2.63. The number of carbonyl (C=O) groups excluding carboxylic acids is 1. The maximum atomic E-state index is 13.8. The lowest BCUT2D eigenvalue weighted by Crippen LogP contribution is -2.47. The molecule has 0 spiro atoms. The minimum absolute atomic E-state index is 0.0125. The fourth-order valence-electron chi connectivity index (χ4n) is 2.63. The lowest BCUT2D eigenvalue weighted by Gasteiger charge is -2.32. The van der Waals surface area contributed by atoms with Crippen LogP contribution in [0.15, 0.2) is 24.3 Å². The zero-order valence-corrected chi connectivity index (χ0v) is 14.1. The quantitative estimate of drug-likeness (QED) is 0.922. The number of rotatable bonds is 3. The summed E-state index contributed by atoms with van der Waals surface area (Å²) in [4.78, 5) is 24.8. The molecule has 3 rings (SSSR count). The number of anilines is 2. The summed E-state index contributed by atoms with van der Waals surface area (Å²) in [7, 11) is 2.00. The fraction of sp³-hybridized carbons (Fsp3) is 0.353. The summed E-state index contributed by atoms with van der Waals surface area (Å²) in [5, 5.41) is 2.54. The van der Waals surface area contributed by atoms with Crippen LogP contribution in [0, 0.1) is 18.6 Å². The van der Waals surface area contributed by atoms with E-state index in [0.717, 1.165) is 25.2 Å². The number of hydrogen-bond donors (Lipinski definition) is 1.